The Kier molecular flexibility index (Phi) is 4.20. The van der Waals surface area contributed by atoms with Gasteiger partial charge in [-0.2, -0.15) is 4.98 Å². The maximum absolute atomic E-state index is 13.2. The van der Waals surface area contributed by atoms with Gasteiger partial charge in [0.25, 0.3) is 5.91 Å². The monoisotopic (exact) mass is 402 g/mol. The standard InChI is InChI=1S/C23H22N4O3/c1-14-6-8-16(9-7-14)20-24-19(30-26-20)13-27-21(28)23(2,25-22(27)29)18-11-10-15-4-3-5-17(15)12-18/h6-12H,3-5,13H2,1-2H3,(H,25,29). The molecule has 1 saturated heterocycles. The van der Waals surface area contributed by atoms with E-state index in [1.54, 1.807) is 6.92 Å². The Balaban J connectivity index is 1.38. The van der Waals surface area contributed by atoms with Crippen LogP contribution >= 0.6 is 0 Å². The smallest absolute Gasteiger partial charge is 0.325 e. The number of imide groups is 1. The van der Waals surface area contributed by atoms with Gasteiger partial charge in [0.2, 0.25) is 11.7 Å². The van der Waals surface area contributed by atoms with Crippen molar-refractivity contribution in [2.24, 2.45) is 0 Å². The predicted molar refractivity (Wildman–Crippen MR) is 109 cm³/mol. The molecule has 0 saturated carbocycles. The van der Waals surface area contributed by atoms with Crippen molar-refractivity contribution in [3.63, 3.8) is 0 Å². The van der Waals surface area contributed by atoms with Crippen LogP contribution in [0.25, 0.3) is 11.4 Å². The van der Waals surface area contributed by atoms with E-state index in [9.17, 15) is 9.59 Å². The summed E-state index contributed by atoms with van der Waals surface area (Å²) in [4.78, 5) is 31.3. The molecule has 3 amide bonds. The first-order valence-electron chi connectivity index (χ1n) is 10.1. The molecule has 3 aromatic rings. The lowest BCUT2D eigenvalue weighted by atomic mass is 9.90. The minimum absolute atomic E-state index is 0.0654. The molecular weight excluding hydrogens is 380 g/mol. The summed E-state index contributed by atoms with van der Waals surface area (Å²) in [6, 6.07) is 13.3. The Morgan fingerprint density at radius 2 is 1.87 bits per heavy atom. The van der Waals surface area contributed by atoms with Crippen LogP contribution in [-0.2, 0) is 29.7 Å². The van der Waals surface area contributed by atoms with Gasteiger partial charge in [0.1, 0.15) is 12.1 Å². The Labute approximate surface area is 174 Å². The molecule has 1 N–H and O–H groups in total. The number of carbonyl (C=O) groups is 2. The van der Waals surface area contributed by atoms with Gasteiger partial charge in [0.05, 0.1) is 0 Å². The molecule has 0 spiro atoms. The molecule has 2 aliphatic rings. The van der Waals surface area contributed by atoms with Crippen LogP contribution < -0.4 is 5.32 Å². The highest BCUT2D eigenvalue weighted by Crippen LogP contribution is 2.33. The zero-order valence-corrected chi connectivity index (χ0v) is 16.9. The van der Waals surface area contributed by atoms with Gasteiger partial charge in [0, 0.05) is 5.56 Å². The lowest BCUT2D eigenvalue weighted by Crippen LogP contribution is -2.41. The van der Waals surface area contributed by atoms with E-state index in [-0.39, 0.29) is 18.3 Å². The molecule has 7 heteroatoms. The summed E-state index contributed by atoms with van der Waals surface area (Å²) in [6.45, 7) is 3.68. The topological polar surface area (TPSA) is 88.3 Å². The molecule has 1 aliphatic heterocycles. The van der Waals surface area contributed by atoms with Crippen molar-refractivity contribution in [1.29, 1.82) is 0 Å². The number of fused-ring (bicyclic) bond motifs is 1. The van der Waals surface area contributed by atoms with Gasteiger partial charge < -0.3 is 9.84 Å². The average molecular weight is 402 g/mol. The van der Waals surface area contributed by atoms with Crippen LogP contribution in [0, 0.1) is 6.92 Å². The maximum Gasteiger partial charge on any atom is 0.325 e. The minimum atomic E-state index is -1.10. The van der Waals surface area contributed by atoms with Crippen molar-refractivity contribution >= 4 is 11.9 Å². The summed E-state index contributed by atoms with van der Waals surface area (Å²) in [5.41, 5.74) is 4.23. The second-order valence-corrected chi connectivity index (χ2v) is 8.16. The Morgan fingerprint density at radius 3 is 2.67 bits per heavy atom. The zero-order valence-electron chi connectivity index (χ0n) is 16.9. The fourth-order valence-corrected chi connectivity index (χ4v) is 4.19. The normalized spacial score (nSPS) is 20.5. The van der Waals surface area contributed by atoms with Crippen LogP contribution in [0.2, 0.25) is 0 Å². The summed E-state index contributed by atoms with van der Waals surface area (Å²) >= 11 is 0. The van der Waals surface area contributed by atoms with Gasteiger partial charge in [-0.25, -0.2) is 4.79 Å². The highest BCUT2D eigenvalue weighted by Gasteiger charge is 2.49. The number of carbonyl (C=O) groups excluding carboxylic acids is 2. The SMILES string of the molecule is Cc1ccc(-c2noc(CN3C(=O)NC(C)(c4ccc5c(c4)CCC5)C3=O)n2)cc1. The molecule has 1 aromatic heterocycles. The van der Waals surface area contributed by atoms with Crippen molar-refractivity contribution < 1.29 is 14.1 Å². The lowest BCUT2D eigenvalue weighted by Gasteiger charge is -2.22. The van der Waals surface area contributed by atoms with Crippen molar-refractivity contribution in [2.45, 2.75) is 45.2 Å². The third-order valence-electron chi connectivity index (χ3n) is 6.02. The first-order chi connectivity index (χ1) is 14.4. The Hall–Kier alpha value is -3.48. The van der Waals surface area contributed by atoms with E-state index in [0.717, 1.165) is 40.9 Å². The summed E-state index contributed by atoms with van der Waals surface area (Å²) < 4.78 is 5.31. The molecule has 152 valence electrons. The first-order valence-corrected chi connectivity index (χ1v) is 10.1. The van der Waals surface area contributed by atoms with Crippen LogP contribution in [-0.4, -0.2) is 27.0 Å². The first kappa shape index (κ1) is 18.5. The fraction of sp³-hybridized carbons (Fsp3) is 0.304. The Morgan fingerprint density at radius 1 is 1.10 bits per heavy atom. The number of aryl methyl sites for hydroxylation is 3. The van der Waals surface area contributed by atoms with E-state index < -0.39 is 11.6 Å². The van der Waals surface area contributed by atoms with Crippen LogP contribution in [0.1, 0.15) is 41.5 Å². The number of benzene rings is 2. The molecule has 7 nitrogen and oxygen atoms in total. The van der Waals surface area contributed by atoms with Crippen molar-refractivity contribution in [3.8, 4) is 11.4 Å². The van der Waals surface area contributed by atoms with Crippen molar-refractivity contribution in [2.75, 3.05) is 0 Å². The van der Waals surface area contributed by atoms with Crippen molar-refractivity contribution in [3.05, 3.63) is 70.6 Å². The van der Waals surface area contributed by atoms with Crippen LogP contribution in [0.15, 0.2) is 47.0 Å². The fourth-order valence-electron chi connectivity index (χ4n) is 4.19. The van der Waals surface area contributed by atoms with Gasteiger partial charge >= 0.3 is 6.03 Å². The molecule has 1 atom stereocenters. The number of amides is 3. The molecule has 2 heterocycles. The number of hydrogen-bond acceptors (Lipinski definition) is 5. The molecule has 30 heavy (non-hydrogen) atoms. The van der Waals surface area contributed by atoms with E-state index >= 15 is 0 Å². The molecule has 0 bridgehead atoms. The molecule has 1 fully saturated rings. The average Bonchev–Trinajstić information content (AvgIpc) is 3.44. The third kappa shape index (κ3) is 2.98. The lowest BCUT2D eigenvalue weighted by molar-refractivity contribution is -0.131. The molecule has 1 aliphatic carbocycles. The second kappa shape index (κ2) is 6.79. The molecule has 5 rings (SSSR count). The van der Waals surface area contributed by atoms with E-state index in [1.165, 1.54) is 11.1 Å². The zero-order chi connectivity index (χ0) is 20.9. The molecule has 2 aromatic carbocycles. The molecule has 0 radical (unpaired) electrons. The van der Waals surface area contributed by atoms with Gasteiger partial charge in [-0.05, 0) is 49.8 Å². The van der Waals surface area contributed by atoms with Crippen molar-refractivity contribution in [1.82, 2.24) is 20.4 Å². The summed E-state index contributed by atoms with van der Waals surface area (Å²) in [5.74, 6) is 0.325. The molecular formula is C23H22N4O3. The predicted octanol–water partition coefficient (Wildman–Crippen LogP) is 3.50. The maximum atomic E-state index is 13.2. The quantitative estimate of drug-likeness (QED) is 0.675. The Bertz CT molecular complexity index is 1150. The minimum Gasteiger partial charge on any atom is -0.337 e. The van der Waals surface area contributed by atoms with Crippen LogP contribution in [0.3, 0.4) is 0 Å². The number of hydrogen-bond donors (Lipinski definition) is 1. The van der Waals surface area contributed by atoms with Crippen LogP contribution in [0.5, 0.6) is 0 Å². The summed E-state index contributed by atoms with van der Waals surface area (Å²) in [6.07, 6.45) is 3.20. The highest BCUT2D eigenvalue weighted by molar-refractivity contribution is 6.07. The van der Waals surface area contributed by atoms with Gasteiger partial charge in [-0.1, -0.05) is 53.2 Å². The highest BCUT2D eigenvalue weighted by atomic mass is 16.5. The number of urea groups is 1. The molecule has 1 unspecified atom stereocenters. The number of nitrogens with zero attached hydrogens (tertiary/aromatic N) is 3. The largest absolute Gasteiger partial charge is 0.337 e. The van der Waals surface area contributed by atoms with Gasteiger partial charge in [-0.3, -0.25) is 9.69 Å². The van der Waals surface area contributed by atoms with Crippen LogP contribution in [0.4, 0.5) is 4.79 Å². The third-order valence-corrected chi connectivity index (χ3v) is 6.02. The van der Waals surface area contributed by atoms with Gasteiger partial charge in [0.15, 0.2) is 0 Å². The number of nitrogens with one attached hydrogen (secondary N) is 1. The number of rotatable bonds is 4. The van der Waals surface area contributed by atoms with E-state index in [1.807, 2.05) is 43.3 Å². The van der Waals surface area contributed by atoms with E-state index in [2.05, 4.69) is 21.5 Å². The van der Waals surface area contributed by atoms with E-state index in [0.29, 0.717) is 5.82 Å². The second-order valence-electron chi connectivity index (χ2n) is 8.16. The summed E-state index contributed by atoms with van der Waals surface area (Å²) in [7, 11) is 0. The van der Waals surface area contributed by atoms with Gasteiger partial charge in [-0.15, -0.1) is 0 Å². The number of aromatic nitrogens is 2. The van der Waals surface area contributed by atoms with E-state index in [4.69, 9.17) is 4.52 Å². The summed E-state index contributed by atoms with van der Waals surface area (Å²) in [5, 5.41) is 6.84.